The molecule has 0 fully saturated rings. The molecular formula is C16H13FN2O2. The Morgan fingerprint density at radius 2 is 2.00 bits per heavy atom. The lowest BCUT2D eigenvalue weighted by Gasteiger charge is -2.07. The number of carbonyl (C=O) groups is 1. The van der Waals surface area contributed by atoms with E-state index in [2.05, 4.69) is 5.32 Å². The Morgan fingerprint density at radius 3 is 2.71 bits per heavy atom. The first-order chi connectivity index (χ1) is 10.2. The van der Waals surface area contributed by atoms with Crippen molar-refractivity contribution in [3.63, 3.8) is 0 Å². The van der Waals surface area contributed by atoms with Crippen LogP contribution in [0.4, 0.5) is 10.1 Å². The van der Waals surface area contributed by atoms with Crippen molar-refractivity contribution in [3.05, 3.63) is 59.9 Å². The lowest BCUT2D eigenvalue weighted by Crippen LogP contribution is -2.14. The molecule has 0 aliphatic carbocycles. The summed E-state index contributed by atoms with van der Waals surface area (Å²) in [5, 5.41) is 11.2. The third kappa shape index (κ3) is 4.62. The molecule has 0 aromatic heterocycles. The SMILES string of the molecule is N#CCOc1cccc(NC(=O)Cc2ccc(F)cc2)c1. The third-order valence-corrected chi connectivity index (χ3v) is 2.70. The number of nitrogens with zero attached hydrogens (tertiary/aromatic N) is 1. The fraction of sp³-hybridized carbons (Fsp3) is 0.125. The molecule has 1 N–H and O–H groups in total. The van der Waals surface area contributed by atoms with Gasteiger partial charge >= 0.3 is 0 Å². The van der Waals surface area contributed by atoms with Crippen LogP contribution in [0.3, 0.4) is 0 Å². The van der Waals surface area contributed by atoms with Gasteiger partial charge in [0.25, 0.3) is 0 Å². The number of ether oxygens (including phenoxy) is 1. The largest absolute Gasteiger partial charge is 0.479 e. The standard InChI is InChI=1S/C16H13FN2O2/c17-13-6-4-12(5-7-13)10-16(20)19-14-2-1-3-15(11-14)21-9-8-18/h1-7,11H,9-10H2,(H,19,20). The Bertz CT molecular complexity index is 663. The maximum Gasteiger partial charge on any atom is 0.228 e. The van der Waals surface area contributed by atoms with Crippen LogP contribution in [0.1, 0.15) is 5.56 Å². The highest BCUT2D eigenvalue weighted by Gasteiger charge is 2.05. The summed E-state index contributed by atoms with van der Waals surface area (Å²) in [5.41, 5.74) is 1.31. The van der Waals surface area contributed by atoms with Crippen molar-refractivity contribution in [2.24, 2.45) is 0 Å². The quantitative estimate of drug-likeness (QED) is 0.918. The third-order valence-electron chi connectivity index (χ3n) is 2.70. The van der Waals surface area contributed by atoms with Crippen LogP contribution in [0.5, 0.6) is 5.75 Å². The topological polar surface area (TPSA) is 62.1 Å². The van der Waals surface area contributed by atoms with Crippen molar-refractivity contribution in [1.29, 1.82) is 5.26 Å². The molecule has 0 aliphatic rings. The Balaban J connectivity index is 1.96. The molecular weight excluding hydrogens is 271 g/mol. The summed E-state index contributed by atoms with van der Waals surface area (Å²) in [7, 11) is 0. The second-order valence-corrected chi connectivity index (χ2v) is 4.33. The highest BCUT2D eigenvalue weighted by molar-refractivity contribution is 5.92. The highest BCUT2D eigenvalue weighted by Crippen LogP contribution is 2.17. The van der Waals surface area contributed by atoms with Gasteiger partial charge in [0.2, 0.25) is 5.91 Å². The summed E-state index contributed by atoms with van der Waals surface area (Å²) in [5.74, 6) is -0.0309. The van der Waals surface area contributed by atoms with Gasteiger partial charge in [-0.1, -0.05) is 18.2 Å². The van der Waals surface area contributed by atoms with Crippen LogP contribution >= 0.6 is 0 Å². The van der Waals surface area contributed by atoms with Gasteiger partial charge in [-0.15, -0.1) is 0 Å². The number of carbonyl (C=O) groups excluding carboxylic acids is 1. The number of hydrogen-bond acceptors (Lipinski definition) is 3. The van der Waals surface area contributed by atoms with E-state index in [1.807, 2.05) is 6.07 Å². The minimum Gasteiger partial charge on any atom is -0.479 e. The van der Waals surface area contributed by atoms with Gasteiger partial charge in [-0.05, 0) is 29.8 Å². The molecule has 0 atom stereocenters. The Labute approximate surface area is 121 Å². The van der Waals surface area contributed by atoms with Gasteiger partial charge < -0.3 is 10.1 Å². The fourth-order valence-electron chi connectivity index (χ4n) is 1.77. The maximum absolute atomic E-state index is 12.8. The van der Waals surface area contributed by atoms with Crippen LogP contribution in [0.25, 0.3) is 0 Å². The number of amides is 1. The van der Waals surface area contributed by atoms with Crippen LogP contribution in [0, 0.1) is 17.1 Å². The van der Waals surface area contributed by atoms with E-state index >= 15 is 0 Å². The van der Waals surface area contributed by atoms with E-state index in [0.29, 0.717) is 11.4 Å². The maximum atomic E-state index is 12.8. The summed E-state index contributed by atoms with van der Waals surface area (Å²) in [6, 6.07) is 14.4. The summed E-state index contributed by atoms with van der Waals surface area (Å²) in [6.45, 7) is -0.0486. The Hall–Kier alpha value is -2.87. The van der Waals surface area contributed by atoms with Gasteiger partial charge in [-0.2, -0.15) is 5.26 Å². The van der Waals surface area contributed by atoms with Gasteiger partial charge in [0.15, 0.2) is 6.61 Å². The summed E-state index contributed by atoms with van der Waals surface area (Å²) >= 11 is 0. The number of benzene rings is 2. The predicted molar refractivity (Wildman–Crippen MR) is 76.3 cm³/mol. The van der Waals surface area contributed by atoms with E-state index in [4.69, 9.17) is 10.00 Å². The molecule has 2 rings (SSSR count). The van der Waals surface area contributed by atoms with Crippen molar-refractivity contribution >= 4 is 11.6 Å². The average molecular weight is 284 g/mol. The van der Waals surface area contributed by atoms with Gasteiger partial charge in [0, 0.05) is 11.8 Å². The van der Waals surface area contributed by atoms with Crippen molar-refractivity contribution in [1.82, 2.24) is 0 Å². The number of hydrogen-bond donors (Lipinski definition) is 1. The number of rotatable bonds is 5. The molecule has 0 heterocycles. The first kappa shape index (κ1) is 14.5. The molecule has 0 unspecified atom stereocenters. The molecule has 5 heteroatoms. The zero-order chi connectivity index (χ0) is 15.1. The van der Waals surface area contributed by atoms with Gasteiger partial charge in [-0.3, -0.25) is 4.79 Å². The molecule has 0 spiro atoms. The molecule has 106 valence electrons. The van der Waals surface area contributed by atoms with E-state index < -0.39 is 0 Å². The molecule has 4 nitrogen and oxygen atoms in total. The molecule has 2 aromatic rings. The minimum absolute atomic E-state index is 0.0486. The normalized spacial score (nSPS) is 9.71. The molecule has 2 aromatic carbocycles. The zero-order valence-corrected chi connectivity index (χ0v) is 11.2. The predicted octanol–water partition coefficient (Wildman–Crippen LogP) is 2.91. The highest BCUT2D eigenvalue weighted by atomic mass is 19.1. The Morgan fingerprint density at radius 1 is 1.24 bits per heavy atom. The van der Waals surface area contributed by atoms with E-state index in [-0.39, 0.29) is 24.8 Å². The van der Waals surface area contributed by atoms with Crippen molar-refractivity contribution in [2.45, 2.75) is 6.42 Å². The molecule has 1 amide bonds. The second kappa shape index (κ2) is 7.06. The van der Waals surface area contributed by atoms with E-state index in [0.717, 1.165) is 5.56 Å². The van der Waals surface area contributed by atoms with E-state index in [1.165, 1.54) is 12.1 Å². The molecule has 0 saturated carbocycles. The van der Waals surface area contributed by atoms with E-state index in [9.17, 15) is 9.18 Å². The fourth-order valence-corrected chi connectivity index (χ4v) is 1.77. The molecule has 0 bridgehead atoms. The summed E-state index contributed by atoms with van der Waals surface area (Å²) in [6.07, 6.45) is 0.156. The summed E-state index contributed by atoms with van der Waals surface area (Å²) in [4.78, 5) is 11.9. The van der Waals surface area contributed by atoms with Gasteiger partial charge in [0.1, 0.15) is 17.6 Å². The number of nitriles is 1. The lowest BCUT2D eigenvalue weighted by atomic mass is 10.1. The second-order valence-electron chi connectivity index (χ2n) is 4.33. The molecule has 0 aliphatic heterocycles. The Kier molecular flexibility index (Phi) is 4.89. The van der Waals surface area contributed by atoms with E-state index in [1.54, 1.807) is 36.4 Å². The smallest absolute Gasteiger partial charge is 0.228 e. The molecule has 0 saturated heterocycles. The molecule has 0 radical (unpaired) electrons. The number of nitrogens with one attached hydrogen (secondary N) is 1. The minimum atomic E-state index is -0.332. The van der Waals surface area contributed by atoms with Crippen molar-refractivity contribution in [3.8, 4) is 11.8 Å². The lowest BCUT2D eigenvalue weighted by molar-refractivity contribution is -0.115. The zero-order valence-electron chi connectivity index (χ0n) is 11.2. The van der Waals surface area contributed by atoms with Gasteiger partial charge in [0.05, 0.1) is 6.42 Å². The van der Waals surface area contributed by atoms with Crippen LogP contribution in [-0.2, 0) is 11.2 Å². The number of anilines is 1. The van der Waals surface area contributed by atoms with Crippen molar-refractivity contribution < 1.29 is 13.9 Å². The average Bonchev–Trinajstić information content (AvgIpc) is 2.48. The first-order valence-corrected chi connectivity index (χ1v) is 6.31. The van der Waals surface area contributed by atoms with Crippen molar-refractivity contribution in [2.75, 3.05) is 11.9 Å². The van der Waals surface area contributed by atoms with Crippen LogP contribution in [0.2, 0.25) is 0 Å². The first-order valence-electron chi connectivity index (χ1n) is 6.31. The monoisotopic (exact) mass is 284 g/mol. The number of halogens is 1. The summed E-state index contributed by atoms with van der Waals surface area (Å²) < 4.78 is 17.9. The molecule has 21 heavy (non-hydrogen) atoms. The van der Waals surface area contributed by atoms with Crippen LogP contribution in [-0.4, -0.2) is 12.5 Å². The van der Waals surface area contributed by atoms with Gasteiger partial charge in [-0.25, -0.2) is 4.39 Å². The van der Waals surface area contributed by atoms with Crippen LogP contribution in [0.15, 0.2) is 48.5 Å². The van der Waals surface area contributed by atoms with Crippen LogP contribution < -0.4 is 10.1 Å².